The smallest absolute Gasteiger partial charge is 0.224 e. The molecule has 1 N–H and O–H groups in total. The highest BCUT2D eigenvalue weighted by atomic mass is 16.1. The van der Waals surface area contributed by atoms with E-state index in [0.29, 0.717) is 13.0 Å². The summed E-state index contributed by atoms with van der Waals surface area (Å²) in [6, 6.07) is 11.7. The molecule has 0 aliphatic heterocycles. The summed E-state index contributed by atoms with van der Waals surface area (Å²) in [5.74, 6) is 0.0710. The molecule has 0 aliphatic rings. The third-order valence-electron chi connectivity index (χ3n) is 2.65. The molecule has 4 nitrogen and oxygen atoms in total. The van der Waals surface area contributed by atoms with E-state index in [9.17, 15) is 4.79 Å². The van der Waals surface area contributed by atoms with E-state index in [1.807, 2.05) is 47.3 Å². The molecule has 0 atom stereocenters. The standard InChI is InChI=1S/C14H17N3O/c18-14(12-13-6-2-1-3-7-13)15-8-4-10-17-11-5-9-16-17/h1-3,5-7,9,11H,4,8,10,12H2,(H,15,18). The predicted molar refractivity (Wildman–Crippen MR) is 70.0 cm³/mol. The van der Waals surface area contributed by atoms with Crippen LogP contribution in [-0.2, 0) is 17.8 Å². The molecule has 0 aliphatic carbocycles. The first-order chi connectivity index (χ1) is 8.84. The summed E-state index contributed by atoms with van der Waals surface area (Å²) < 4.78 is 1.86. The van der Waals surface area contributed by atoms with E-state index < -0.39 is 0 Å². The van der Waals surface area contributed by atoms with Crippen molar-refractivity contribution in [3.8, 4) is 0 Å². The van der Waals surface area contributed by atoms with E-state index in [1.54, 1.807) is 6.20 Å². The van der Waals surface area contributed by atoms with Gasteiger partial charge in [0.25, 0.3) is 0 Å². The van der Waals surface area contributed by atoms with E-state index in [0.717, 1.165) is 18.5 Å². The first-order valence-corrected chi connectivity index (χ1v) is 6.12. The molecule has 4 heteroatoms. The predicted octanol–water partition coefficient (Wildman–Crippen LogP) is 1.63. The number of hydrogen-bond acceptors (Lipinski definition) is 2. The lowest BCUT2D eigenvalue weighted by atomic mass is 10.1. The van der Waals surface area contributed by atoms with Gasteiger partial charge in [0.1, 0.15) is 0 Å². The van der Waals surface area contributed by atoms with Gasteiger partial charge < -0.3 is 5.32 Å². The number of benzene rings is 1. The van der Waals surface area contributed by atoms with E-state index in [1.165, 1.54) is 0 Å². The Kier molecular flexibility index (Phi) is 4.53. The minimum atomic E-state index is 0.0710. The van der Waals surface area contributed by atoms with Crippen LogP contribution >= 0.6 is 0 Å². The van der Waals surface area contributed by atoms with Gasteiger partial charge in [-0.15, -0.1) is 0 Å². The Morgan fingerprint density at radius 3 is 2.78 bits per heavy atom. The molecule has 94 valence electrons. The molecule has 0 spiro atoms. The molecule has 0 unspecified atom stereocenters. The normalized spacial score (nSPS) is 10.2. The van der Waals surface area contributed by atoms with Crippen LogP contribution in [0.1, 0.15) is 12.0 Å². The third kappa shape index (κ3) is 4.05. The lowest BCUT2D eigenvalue weighted by molar-refractivity contribution is -0.120. The molecule has 0 radical (unpaired) electrons. The van der Waals surface area contributed by atoms with Crippen molar-refractivity contribution >= 4 is 5.91 Å². The molecular weight excluding hydrogens is 226 g/mol. The fourth-order valence-electron chi connectivity index (χ4n) is 1.75. The van der Waals surface area contributed by atoms with E-state index in [2.05, 4.69) is 10.4 Å². The van der Waals surface area contributed by atoms with Gasteiger partial charge in [-0.3, -0.25) is 9.48 Å². The summed E-state index contributed by atoms with van der Waals surface area (Å²) in [6.07, 6.45) is 5.02. The highest BCUT2D eigenvalue weighted by Crippen LogP contribution is 1.99. The molecule has 1 amide bonds. The number of nitrogens with one attached hydrogen (secondary N) is 1. The summed E-state index contributed by atoms with van der Waals surface area (Å²) in [4.78, 5) is 11.6. The van der Waals surface area contributed by atoms with Gasteiger partial charge in [0.15, 0.2) is 0 Å². The van der Waals surface area contributed by atoms with Crippen LogP contribution in [-0.4, -0.2) is 22.2 Å². The Labute approximate surface area is 107 Å². The topological polar surface area (TPSA) is 46.9 Å². The summed E-state index contributed by atoms with van der Waals surface area (Å²) in [5.41, 5.74) is 1.04. The van der Waals surface area contributed by atoms with Crippen LogP contribution in [0, 0.1) is 0 Å². The van der Waals surface area contributed by atoms with Crippen LogP contribution in [0.5, 0.6) is 0 Å². The minimum Gasteiger partial charge on any atom is -0.356 e. The van der Waals surface area contributed by atoms with Gasteiger partial charge in [0.2, 0.25) is 5.91 Å². The Balaban J connectivity index is 1.63. The molecule has 2 rings (SSSR count). The summed E-state index contributed by atoms with van der Waals surface area (Å²) in [7, 11) is 0. The van der Waals surface area contributed by atoms with E-state index >= 15 is 0 Å². The molecule has 0 saturated heterocycles. The second-order valence-electron chi connectivity index (χ2n) is 4.14. The van der Waals surface area contributed by atoms with Crippen molar-refractivity contribution in [3.63, 3.8) is 0 Å². The zero-order valence-electron chi connectivity index (χ0n) is 10.2. The molecule has 1 aromatic carbocycles. The largest absolute Gasteiger partial charge is 0.356 e. The average molecular weight is 243 g/mol. The lowest BCUT2D eigenvalue weighted by Gasteiger charge is -2.05. The Morgan fingerprint density at radius 2 is 2.06 bits per heavy atom. The lowest BCUT2D eigenvalue weighted by Crippen LogP contribution is -2.26. The van der Waals surface area contributed by atoms with Gasteiger partial charge in [-0.1, -0.05) is 30.3 Å². The average Bonchev–Trinajstić information content (AvgIpc) is 2.89. The molecule has 1 aromatic heterocycles. The Hall–Kier alpha value is -2.10. The number of carbonyl (C=O) groups excluding carboxylic acids is 1. The zero-order chi connectivity index (χ0) is 12.6. The molecular formula is C14H17N3O. The SMILES string of the molecule is O=C(Cc1ccccc1)NCCCn1cccn1. The molecule has 0 saturated carbocycles. The van der Waals surface area contributed by atoms with Crippen LogP contribution < -0.4 is 5.32 Å². The van der Waals surface area contributed by atoms with Gasteiger partial charge in [-0.05, 0) is 18.1 Å². The van der Waals surface area contributed by atoms with E-state index in [-0.39, 0.29) is 5.91 Å². The van der Waals surface area contributed by atoms with Gasteiger partial charge in [0.05, 0.1) is 6.42 Å². The van der Waals surface area contributed by atoms with Crippen LogP contribution in [0.2, 0.25) is 0 Å². The maximum absolute atomic E-state index is 11.6. The van der Waals surface area contributed by atoms with Crippen molar-refractivity contribution in [2.45, 2.75) is 19.4 Å². The second-order valence-corrected chi connectivity index (χ2v) is 4.14. The highest BCUT2D eigenvalue weighted by molar-refractivity contribution is 5.78. The van der Waals surface area contributed by atoms with E-state index in [4.69, 9.17) is 0 Å². The Bertz CT molecular complexity index is 465. The van der Waals surface area contributed by atoms with Crippen molar-refractivity contribution in [1.82, 2.24) is 15.1 Å². The molecule has 0 fully saturated rings. The highest BCUT2D eigenvalue weighted by Gasteiger charge is 2.01. The summed E-state index contributed by atoms with van der Waals surface area (Å²) in [6.45, 7) is 1.52. The minimum absolute atomic E-state index is 0.0710. The Morgan fingerprint density at radius 1 is 1.22 bits per heavy atom. The maximum atomic E-state index is 11.6. The van der Waals surface area contributed by atoms with Gasteiger partial charge in [0, 0.05) is 25.5 Å². The molecule has 18 heavy (non-hydrogen) atoms. The van der Waals surface area contributed by atoms with Crippen molar-refractivity contribution < 1.29 is 4.79 Å². The fourth-order valence-corrected chi connectivity index (χ4v) is 1.75. The number of aromatic nitrogens is 2. The number of hydrogen-bond donors (Lipinski definition) is 1. The summed E-state index contributed by atoms with van der Waals surface area (Å²) >= 11 is 0. The first-order valence-electron chi connectivity index (χ1n) is 6.12. The van der Waals surface area contributed by atoms with Crippen molar-refractivity contribution in [1.29, 1.82) is 0 Å². The second kappa shape index (κ2) is 6.59. The van der Waals surface area contributed by atoms with Crippen LogP contribution in [0.4, 0.5) is 0 Å². The van der Waals surface area contributed by atoms with Crippen LogP contribution in [0.3, 0.4) is 0 Å². The zero-order valence-corrected chi connectivity index (χ0v) is 10.2. The maximum Gasteiger partial charge on any atom is 0.224 e. The quantitative estimate of drug-likeness (QED) is 0.784. The number of carbonyl (C=O) groups is 1. The van der Waals surface area contributed by atoms with Gasteiger partial charge in [-0.2, -0.15) is 5.10 Å². The number of aryl methyl sites for hydroxylation is 1. The molecule has 2 aromatic rings. The van der Waals surface area contributed by atoms with Crippen molar-refractivity contribution in [2.24, 2.45) is 0 Å². The van der Waals surface area contributed by atoms with Crippen molar-refractivity contribution in [2.75, 3.05) is 6.54 Å². The third-order valence-corrected chi connectivity index (χ3v) is 2.65. The first kappa shape index (κ1) is 12.4. The van der Waals surface area contributed by atoms with Crippen LogP contribution in [0.25, 0.3) is 0 Å². The number of rotatable bonds is 6. The molecule has 0 bridgehead atoms. The number of amides is 1. The summed E-state index contributed by atoms with van der Waals surface area (Å²) in [5, 5.41) is 7.02. The van der Waals surface area contributed by atoms with Crippen molar-refractivity contribution in [3.05, 3.63) is 54.4 Å². The monoisotopic (exact) mass is 243 g/mol. The van der Waals surface area contributed by atoms with Gasteiger partial charge in [-0.25, -0.2) is 0 Å². The van der Waals surface area contributed by atoms with Gasteiger partial charge >= 0.3 is 0 Å². The molecule has 1 heterocycles. The number of nitrogens with zero attached hydrogens (tertiary/aromatic N) is 2. The van der Waals surface area contributed by atoms with Crippen LogP contribution in [0.15, 0.2) is 48.8 Å². The fraction of sp³-hybridized carbons (Fsp3) is 0.286.